The number of ether oxygens (including phenoxy) is 1. The Labute approximate surface area is 346 Å². The number of aromatic nitrogens is 8. The van der Waals surface area contributed by atoms with Gasteiger partial charge >= 0.3 is 21.1 Å². The fraction of sp³-hybridized carbons (Fsp3) is 0.174. The molecule has 0 saturated carbocycles. The summed E-state index contributed by atoms with van der Waals surface area (Å²) in [5.41, 5.74) is 6.41. The number of benzene rings is 4. The predicted octanol–water partition coefficient (Wildman–Crippen LogP) is 8.67. The minimum atomic E-state index is -0.395. The van der Waals surface area contributed by atoms with Crippen molar-refractivity contribution in [2.45, 2.75) is 52.4 Å². The molecule has 0 aliphatic heterocycles. The first-order chi connectivity index (χ1) is 27.4. The SMILES string of the molecule is CC(C)(C)c1ccnc2c1n(-c1ccccc1)c1nc(=O)c3ccc(Oc4[c-]c5c(cc4)c(=O)nc4n(-c6ccccc6)c6c(C(C)(C)C)ccnc6n54)[c-]c3n21.[Pt+2]. The van der Waals surface area contributed by atoms with Gasteiger partial charge in [-0.15, -0.1) is 24.3 Å². The molecule has 4 aromatic carbocycles. The average Bonchev–Trinajstić information content (AvgIpc) is 3.70. The molecule has 0 spiro atoms. The van der Waals surface area contributed by atoms with Crippen LogP contribution in [-0.2, 0) is 31.9 Å². The topological polar surface area (TPSA) is 114 Å². The van der Waals surface area contributed by atoms with Gasteiger partial charge in [0, 0.05) is 35.3 Å². The van der Waals surface area contributed by atoms with Crippen LogP contribution < -0.4 is 15.9 Å². The van der Waals surface area contributed by atoms with E-state index in [1.165, 1.54) is 0 Å². The molecule has 10 aromatic rings. The van der Waals surface area contributed by atoms with E-state index in [9.17, 15) is 9.59 Å². The van der Waals surface area contributed by atoms with Crippen LogP contribution in [0.5, 0.6) is 11.5 Å². The van der Waals surface area contributed by atoms with Crippen LogP contribution in [0.1, 0.15) is 52.7 Å². The van der Waals surface area contributed by atoms with E-state index in [0.29, 0.717) is 56.2 Å². The molecule has 0 unspecified atom stereocenters. The molecule has 12 heteroatoms. The number of hydrogen-bond donors (Lipinski definition) is 0. The average molecular weight is 944 g/mol. The second-order valence-electron chi connectivity index (χ2n) is 16.3. The van der Waals surface area contributed by atoms with Gasteiger partial charge < -0.3 is 4.74 Å². The van der Waals surface area contributed by atoms with Crippen LogP contribution in [0, 0.1) is 12.1 Å². The Hall–Kier alpha value is -6.45. The summed E-state index contributed by atoms with van der Waals surface area (Å²) in [4.78, 5) is 46.4. The van der Waals surface area contributed by atoms with E-state index in [4.69, 9.17) is 14.7 Å². The zero-order chi connectivity index (χ0) is 39.4. The number of para-hydroxylation sites is 2. The van der Waals surface area contributed by atoms with Crippen molar-refractivity contribution >= 4 is 55.7 Å². The van der Waals surface area contributed by atoms with E-state index in [1.54, 1.807) is 36.7 Å². The second kappa shape index (κ2) is 13.3. The zero-order valence-corrected chi connectivity index (χ0v) is 34.8. The molecule has 11 nitrogen and oxygen atoms in total. The van der Waals surface area contributed by atoms with Gasteiger partial charge in [0.2, 0.25) is 22.7 Å². The molecule has 0 bridgehead atoms. The summed E-state index contributed by atoms with van der Waals surface area (Å²) in [5, 5.41) is 0.734. The third-order valence-corrected chi connectivity index (χ3v) is 10.5. The van der Waals surface area contributed by atoms with Gasteiger partial charge in [0.05, 0.1) is 11.0 Å². The third-order valence-electron chi connectivity index (χ3n) is 10.5. The van der Waals surface area contributed by atoms with Crippen molar-refractivity contribution in [1.82, 2.24) is 37.9 Å². The fourth-order valence-corrected chi connectivity index (χ4v) is 7.87. The first kappa shape index (κ1) is 37.1. The van der Waals surface area contributed by atoms with Crippen molar-refractivity contribution in [2.75, 3.05) is 0 Å². The molecule has 0 aliphatic rings. The Morgan fingerprint density at radius 1 is 0.534 bits per heavy atom. The van der Waals surface area contributed by atoms with Gasteiger partial charge in [-0.25, -0.2) is 9.97 Å². The molecule has 58 heavy (non-hydrogen) atoms. The van der Waals surface area contributed by atoms with Gasteiger partial charge in [0.25, 0.3) is 0 Å². The molecule has 288 valence electrons. The molecule has 6 aromatic heterocycles. The number of nitrogens with zero attached hydrogens (tertiary/aromatic N) is 8. The summed E-state index contributed by atoms with van der Waals surface area (Å²) >= 11 is 0. The van der Waals surface area contributed by atoms with Crippen LogP contribution in [0.25, 0.3) is 67.1 Å². The van der Waals surface area contributed by atoms with Gasteiger partial charge in [-0.3, -0.25) is 27.5 Å². The number of hydrogen-bond acceptors (Lipinski definition) is 7. The Morgan fingerprint density at radius 3 is 1.31 bits per heavy atom. The van der Waals surface area contributed by atoms with Gasteiger partial charge in [-0.05, 0) is 80.2 Å². The van der Waals surface area contributed by atoms with Crippen LogP contribution in [0.4, 0.5) is 0 Å². The quantitative estimate of drug-likeness (QED) is 0.162. The van der Waals surface area contributed by atoms with Crippen molar-refractivity contribution in [1.29, 1.82) is 0 Å². The minimum Gasteiger partial charge on any atom is -0.509 e. The number of rotatable bonds is 4. The number of fused-ring (bicyclic) bond motifs is 10. The van der Waals surface area contributed by atoms with E-state index < -0.39 is 11.1 Å². The molecule has 0 aliphatic carbocycles. The molecule has 10 rings (SSSR count). The van der Waals surface area contributed by atoms with Crippen molar-refractivity contribution in [3.63, 3.8) is 0 Å². The molecular formula is C46H36N8O3Pt. The van der Waals surface area contributed by atoms with Crippen LogP contribution in [0.3, 0.4) is 0 Å². The summed E-state index contributed by atoms with van der Waals surface area (Å²) in [5.74, 6) is 1.50. The molecular weight excluding hydrogens is 908 g/mol. The van der Waals surface area contributed by atoms with E-state index in [-0.39, 0.29) is 31.9 Å². The maximum absolute atomic E-state index is 13.7. The van der Waals surface area contributed by atoms with Crippen LogP contribution >= 0.6 is 0 Å². The van der Waals surface area contributed by atoms with Gasteiger partial charge in [-0.1, -0.05) is 77.9 Å². The monoisotopic (exact) mass is 943 g/mol. The molecule has 6 heterocycles. The second-order valence-corrected chi connectivity index (χ2v) is 16.3. The van der Waals surface area contributed by atoms with E-state index in [1.807, 2.05) is 90.7 Å². The maximum atomic E-state index is 13.7. The van der Waals surface area contributed by atoms with E-state index in [2.05, 4.69) is 63.6 Å². The van der Waals surface area contributed by atoms with Crippen molar-refractivity contribution < 1.29 is 25.8 Å². The Kier molecular flexibility index (Phi) is 8.53. The number of imidazole rings is 2. The molecule has 0 radical (unpaired) electrons. The normalized spacial score (nSPS) is 12.3. The minimum absolute atomic E-state index is 0. The third kappa shape index (κ3) is 5.67. The predicted molar refractivity (Wildman–Crippen MR) is 222 cm³/mol. The van der Waals surface area contributed by atoms with Crippen molar-refractivity contribution in [3.05, 3.63) is 153 Å². The smallest absolute Gasteiger partial charge is 0.509 e. The van der Waals surface area contributed by atoms with Crippen LogP contribution in [0.2, 0.25) is 0 Å². The Bertz CT molecular complexity index is 3160. The summed E-state index contributed by atoms with van der Waals surface area (Å²) < 4.78 is 14.2. The van der Waals surface area contributed by atoms with E-state index in [0.717, 1.165) is 33.5 Å². The van der Waals surface area contributed by atoms with Crippen molar-refractivity contribution in [3.8, 4) is 22.9 Å². The maximum Gasteiger partial charge on any atom is 2.00 e. The van der Waals surface area contributed by atoms with Gasteiger partial charge in [-0.2, -0.15) is 22.1 Å². The Morgan fingerprint density at radius 2 is 0.931 bits per heavy atom. The first-order valence-electron chi connectivity index (χ1n) is 18.7. The summed E-state index contributed by atoms with van der Waals surface area (Å²) in [6.07, 6.45) is 3.58. The van der Waals surface area contributed by atoms with Crippen LogP contribution in [0.15, 0.2) is 119 Å². The zero-order valence-electron chi connectivity index (χ0n) is 32.5. The molecule has 0 fully saturated rings. The standard InChI is InChI=1S/C46H36N8O3.Pt/c1-45(2,3)33-21-23-47-39-37(33)51(27-13-9-7-10-14-27)43-49-41(55)31-19-17-29(25-35(31)53(39)43)57-30-18-20-32-36(26-30)54-40-38(34(22-24-48-40)46(4,5)6)52(44(54)50-42(32)56)28-15-11-8-12-16-28;/h7-24H,1-6H3;/q-2;+2. The Balaban J connectivity index is 0.00000436. The fourth-order valence-electron chi connectivity index (χ4n) is 7.87. The van der Waals surface area contributed by atoms with Gasteiger partial charge in [0.15, 0.2) is 11.3 Å². The molecule has 0 amide bonds. The molecule has 0 atom stereocenters. The first-order valence-corrected chi connectivity index (χ1v) is 18.7. The largest absolute Gasteiger partial charge is 2.00 e. The number of pyridine rings is 2. The summed E-state index contributed by atoms with van der Waals surface area (Å²) in [6.45, 7) is 12.9. The molecule has 0 saturated heterocycles. The van der Waals surface area contributed by atoms with Gasteiger partial charge in [0.1, 0.15) is 0 Å². The van der Waals surface area contributed by atoms with E-state index >= 15 is 0 Å². The summed E-state index contributed by atoms with van der Waals surface area (Å²) in [7, 11) is 0. The van der Waals surface area contributed by atoms with Crippen molar-refractivity contribution in [2.24, 2.45) is 0 Å². The van der Waals surface area contributed by atoms with Crippen LogP contribution in [-0.4, -0.2) is 37.9 Å². The molecule has 0 N–H and O–H groups in total. The summed E-state index contributed by atoms with van der Waals surface area (Å²) in [6, 6.07) is 37.3.